The number of carbonyl (C=O) groups is 3. The van der Waals surface area contributed by atoms with Crippen molar-refractivity contribution in [3.63, 3.8) is 0 Å². The summed E-state index contributed by atoms with van der Waals surface area (Å²) in [4.78, 5) is 37.9. The molecule has 1 unspecified atom stereocenters. The van der Waals surface area contributed by atoms with E-state index >= 15 is 0 Å². The minimum atomic E-state index is -0.762. The molecule has 0 aliphatic carbocycles. The lowest BCUT2D eigenvalue weighted by molar-refractivity contribution is -0.167. The largest absolute Gasteiger partial charge is 0.462 e. The molecule has 384 valence electrons. The molecule has 0 heterocycles. The van der Waals surface area contributed by atoms with Crippen LogP contribution in [0, 0.1) is 0 Å². The van der Waals surface area contributed by atoms with E-state index < -0.39 is 6.10 Å². The molecule has 6 nitrogen and oxygen atoms in total. The van der Waals surface area contributed by atoms with E-state index in [0.29, 0.717) is 19.3 Å². The van der Waals surface area contributed by atoms with Crippen molar-refractivity contribution >= 4 is 17.9 Å². The molecule has 0 N–H and O–H groups in total. The normalized spacial score (nSPS) is 12.0. The Morgan fingerprint density at radius 1 is 0.292 bits per heavy atom. The highest BCUT2D eigenvalue weighted by atomic mass is 16.6. The summed E-state index contributed by atoms with van der Waals surface area (Å²) in [5.41, 5.74) is 0. The average molecular weight is 918 g/mol. The van der Waals surface area contributed by atoms with Gasteiger partial charge in [0.05, 0.1) is 0 Å². The summed E-state index contributed by atoms with van der Waals surface area (Å²) in [6.45, 7) is 6.65. The molecule has 0 aromatic heterocycles. The summed E-state index contributed by atoms with van der Waals surface area (Å²) in [6, 6.07) is 0. The van der Waals surface area contributed by atoms with Gasteiger partial charge in [-0.15, -0.1) is 0 Å². The molecule has 0 spiro atoms. The summed E-state index contributed by atoms with van der Waals surface area (Å²) in [5, 5.41) is 0. The van der Waals surface area contributed by atoms with Gasteiger partial charge in [-0.3, -0.25) is 14.4 Å². The van der Waals surface area contributed by atoms with Gasteiger partial charge in [0, 0.05) is 19.3 Å². The number of esters is 3. The number of hydrogen-bond acceptors (Lipinski definition) is 6. The van der Waals surface area contributed by atoms with Crippen molar-refractivity contribution in [2.24, 2.45) is 0 Å². The monoisotopic (exact) mass is 917 g/mol. The van der Waals surface area contributed by atoms with Crippen LogP contribution in [0.15, 0.2) is 12.2 Å². The van der Waals surface area contributed by atoms with Crippen LogP contribution in [-0.4, -0.2) is 37.2 Å². The molecule has 1 atom stereocenters. The maximum Gasteiger partial charge on any atom is 0.306 e. The van der Waals surface area contributed by atoms with Crippen LogP contribution in [0.25, 0.3) is 0 Å². The van der Waals surface area contributed by atoms with E-state index in [0.717, 1.165) is 57.8 Å². The van der Waals surface area contributed by atoms with Crippen molar-refractivity contribution in [3.8, 4) is 0 Å². The molecule has 65 heavy (non-hydrogen) atoms. The van der Waals surface area contributed by atoms with Gasteiger partial charge in [-0.05, 0) is 44.9 Å². The minimum absolute atomic E-state index is 0.0646. The number of allylic oxidation sites excluding steroid dienone is 2. The third kappa shape index (κ3) is 53.0. The molecule has 0 bridgehead atoms. The third-order valence-electron chi connectivity index (χ3n) is 13.3. The Morgan fingerprint density at radius 3 is 0.769 bits per heavy atom. The molecule has 0 fully saturated rings. The zero-order valence-electron chi connectivity index (χ0n) is 44.0. The van der Waals surface area contributed by atoms with E-state index in [9.17, 15) is 14.4 Å². The lowest BCUT2D eigenvalue weighted by atomic mass is 10.0. The van der Waals surface area contributed by atoms with Gasteiger partial charge in [-0.1, -0.05) is 277 Å². The van der Waals surface area contributed by atoms with Gasteiger partial charge in [0.2, 0.25) is 0 Å². The number of hydrogen-bond donors (Lipinski definition) is 0. The maximum atomic E-state index is 12.8. The molecule has 0 aromatic carbocycles. The SMILES string of the molecule is CCCCCCCCCC/C=C\CCCCCCCCCCCCCCCC(=O)OCC(COC(=O)CCCCCCCCC)OC(=O)CCCCCCCCCCCCCCCCC. The van der Waals surface area contributed by atoms with Crippen LogP contribution in [0.2, 0.25) is 0 Å². The zero-order valence-corrected chi connectivity index (χ0v) is 44.0. The topological polar surface area (TPSA) is 78.9 Å². The van der Waals surface area contributed by atoms with Gasteiger partial charge in [0.15, 0.2) is 6.10 Å². The first-order valence-electron chi connectivity index (χ1n) is 29.2. The second kappa shape index (κ2) is 54.8. The lowest BCUT2D eigenvalue weighted by Gasteiger charge is -2.18. The Kier molecular flexibility index (Phi) is 53.2. The van der Waals surface area contributed by atoms with E-state index in [1.54, 1.807) is 0 Å². The Hall–Kier alpha value is -1.85. The third-order valence-corrected chi connectivity index (χ3v) is 13.3. The quantitative estimate of drug-likeness (QED) is 0.0262. The molecular weight excluding hydrogens is 805 g/mol. The highest BCUT2D eigenvalue weighted by Crippen LogP contribution is 2.17. The van der Waals surface area contributed by atoms with Gasteiger partial charge < -0.3 is 14.2 Å². The Bertz CT molecular complexity index is 1010. The van der Waals surface area contributed by atoms with Gasteiger partial charge in [-0.25, -0.2) is 0 Å². The van der Waals surface area contributed by atoms with Crippen LogP contribution in [0.3, 0.4) is 0 Å². The van der Waals surface area contributed by atoms with Crippen molar-refractivity contribution < 1.29 is 28.6 Å². The van der Waals surface area contributed by atoms with E-state index in [4.69, 9.17) is 14.2 Å². The van der Waals surface area contributed by atoms with E-state index in [1.807, 2.05) is 0 Å². The second-order valence-corrected chi connectivity index (χ2v) is 19.9. The molecule has 0 saturated heterocycles. The number of rotatable bonds is 54. The smallest absolute Gasteiger partial charge is 0.306 e. The van der Waals surface area contributed by atoms with Crippen molar-refractivity contribution in [3.05, 3.63) is 12.2 Å². The predicted molar refractivity (Wildman–Crippen MR) is 280 cm³/mol. The summed E-state index contributed by atoms with van der Waals surface area (Å²) in [7, 11) is 0. The van der Waals surface area contributed by atoms with Crippen LogP contribution < -0.4 is 0 Å². The molecule has 0 radical (unpaired) electrons. The summed E-state index contributed by atoms with van der Waals surface area (Å²) in [6.07, 6.45) is 62.3. The molecular formula is C59H112O6. The molecule has 0 aliphatic rings. The van der Waals surface area contributed by atoms with Crippen LogP contribution in [0.1, 0.15) is 329 Å². The Balaban J connectivity index is 4.07. The summed E-state index contributed by atoms with van der Waals surface area (Å²) in [5.74, 6) is -0.850. The first-order valence-corrected chi connectivity index (χ1v) is 29.2. The van der Waals surface area contributed by atoms with E-state index in [1.165, 1.54) is 231 Å². The van der Waals surface area contributed by atoms with Crippen molar-refractivity contribution in [2.45, 2.75) is 335 Å². The van der Waals surface area contributed by atoms with E-state index in [2.05, 4.69) is 32.9 Å². The van der Waals surface area contributed by atoms with Crippen LogP contribution in [-0.2, 0) is 28.6 Å². The van der Waals surface area contributed by atoms with E-state index in [-0.39, 0.29) is 31.1 Å². The predicted octanol–water partition coefficient (Wildman–Crippen LogP) is 19.3. The fourth-order valence-corrected chi connectivity index (χ4v) is 8.85. The number of unbranched alkanes of at least 4 members (excludes halogenated alkanes) is 41. The van der Waals surface area contributed by atoms with Gasteiger partial charge in [0.1, 0.15) is 13.2 Å². The molecule has 0 aromatic rings. The Labute approximate surface area is 405 Å². The Morgan fingerprint density at radius 2 is 0.508 bits per heavy atom. The molecule has 0 amide bonds. The summed E-state index contributed by atoms with van der Waals surface area (Å²) >= 11 is 0. The second-order valence-electron chi connectivity index (χ2n) is 19.9. The highest BCUT2D eigenvalue weighted by molar-refractivity contribution is 5.71. The molecule has 0 aliphatic heterocycles. The highest BCUT2D eigenvalue weighted by Gasteiger charge is 2.19. The fraction of sp³-hybridized carbons (Fsp3) is 0.915. The standard InChI is InChI=1S/C59H112O6/c1-4-7-10-13-16-18-20-22-24-25-26-27-28-29-30-31-32-33-35-36-38-40-43-46-49-52-58(61)64-55-56(54-63-57(60)51-48-45-42-15-12-9-6-3)65-59(62)53-50-47-44-41-39-37-34-23-21-19-17-14-11-8-5-2/h25-26,56H,4-24,27-55H2,1-3H3/b26-25-. The molecule has 6 heteroatoms. The van der Waals surface area contributed by atoms with Crippen molar-refractivity contribution in [2.75, 3.05) is 13.2 Å². The van der Waals surface area contributed by atoms with Crippen LogP contribution >= 0.6 is 0 Å². The number of ether oxygens (including phenoxy) is 3. The van der Waals surface area contributed by atoms with Crippen LogP contribution in [0.4, 0.5) is 0 Å². The maximum absolute atomic E-state index is 12.8. The van der Waals surface area contributed by atoms with Crippen molar-refractivity contribution in [1.82, 2.24) is 0 Å². The number of carbonyl (C=O) groups excluding carboxylic acids is 3. The van der Waals surface area contributed by atoms with Crippen LogP contribution in [0.5, 0.6) is 0 Å². The average Bonchev–Trinajstić information content (AvgIpc) is 3.30. The lowest BCUT2D eigenvalue weighted by Crippen LogP contribution is -2.30. The van der Waals surface area contributed by atoms with Crippen molar-refractivity contribution in [1.29, 1.82) is 0 Å². The first kappa shape index (κ1) is 63.1. The zero-order chi connectivity index (χ0) is 47.2. The minimum Gasteiger partial charge on any atom is -0.462 e. The molecule has 0 saturated carbocycles. The summed E-state index contributed by atoms with van der Waals surface area (Å²) < 4.78 is 16.8. The molecule has 0 rings (SSSR count). The fourth-order valence-electron chi connectivity index (χ4n) is 8.85. The first-order chi connectivity index (χ1) is 32.0. The van der Waals surface area contributed by atoms with Gasteiger partial charge in [0.25, 0.3) is 0 Å². The van der Waals surface area contributed by atoms with Gasteiger partial charge >= 0.3 is 17.9 Å². The van der Waals surface area contributed by atoms with Gasteiger partial charge in [-0.2, -0.15) is 0 Å².